The van der Waals surface area contributed by atoms with Crippen molar-refractivity contribution in [2.45, 2.75) is 0 Å². The van der Waals surface area contributed by atoms with Crippen LogP contribution in [0.1, 0.15) is 10.4 Å². The van der Waals surface area contributed by atoms with E-state index in [9.17, 15) is 9.18 Å². The van der Waals surface area contributed by atoms with Crippen LogP contribution in [0.4, 0.5) is 4.39 Å². The summed E-state index contributed by atoms with van der Waals surface area (Å²) in [4.78, 5) is 18.4. The number of rotatable bonds is 2. The van der Waals surface area contributed by atoms with Gasteiger partial charge in [-0.3, -0.25) is 0 Å². The van der Waals surface area contributed by atoms with E-state index in [1.165, 1.54) is 24.5 Å². The van der Waals surface area contributed by atoms with Crippen molar-refractivity contribution in [3.63, 3.8) is 0 Å². The van der Waals surface area contributed by atoms with Gasteiger partial charge in [0.1, 0.15) is 5.82 Å². The smallest absolute Gasteiger partial charge is 0.335 e. The monoisotopic (exact) mass is 218 g/mol. The number of carbonyl (C=O) groups is 1. The third kappa shape index (κ3) is 1.88. The first kappa shape index (κ1) is 10.2. The standard InChI is InChI=1S/C11H7FN2O2/c12-9-6-7(11(15)16)2-3-8(9)10-13-4-1-5-14-10/h1-6H,(H,15,16). The van der Waals surface area contributed by atoms with Gasteiger partial charge in [0.05, 0.1) is 11.1 Å². The van der Waals surface area contributed by atoms with Crippen molar-refractivity contribution >= 4 is 5.97 Å². The number of nitrogens with zero attached hydrogens (tertiary/aromatic N) is 2. The Morgan fingerprint density at radius 2 is 1.94 bits per heavy atom. The topological polar surface area (TPSA) is 63.1 Å². The molecule has 0 amide bonds. The molecule has 2 rings (SSSR count). The van der Waals surface area contributed by atoms with E-state index < -0.39 is 11.8 Å². The number of aromatic carboxylic acids is 1. The molecule has 1 N–H and O–H groups in total. The molecular weight excluding hydrogens is 211 g/mol. The highest BCUT2D eigenvalue weighted by Crippen LogP contribution is 2.19. The molecule has 1 aromatic heterocycles. The average Bonchev–Trinajstić information content (AvgIpc) is 2.30. The van der Waals surface area contributed by atoms with E-state index >= 15 is 0 Å². The first-order valence-electron chi connectivity index (χ1n) is 4.49. The van der Waals surface area contributed by atoms with Crippen LogP contribution in [0, 0.1) is 5.82 Å². The average molecular weight is 218 g/mol. The molecule has 0 bridgehead atoms. The Labute approximate surface area is 90.4 Å². The van der Waals surface area contributed by atoms with Gasteiger partial charge in [0.2, 0.25) is 0 Å². The van der Waals surface area contributed by atoms with E-state index in [0.717, 1.165) is 6.07 Å². The first-order valence-corrected chi connectivity index (χ1v) is 4.49. The summed E-state index contributed by atoms with van der Waals surface area (Å²) in [6, 6.07) is 5.24. The van der Waals surface area contributed by atoms with E-state index in [1.54, 1.807) is 6.07 Å². The third-order valence-electron chi connectivity index (χ3n) is 2.02. The summed E-state index contributed by atoms with van der Waals surface area (Å²) >= 11 is 0. The van der Waals surface area contributed by atoms with Gasteiger partial charge >= 0.3 is 5.97 Å². The minimum Gasteiger partial charge on any atom is -0.478 e. The lowest BCUT2D eigenvalue weighted by molar-refractivity contribution is 0.0696. The number of carboxylic acid groups (broad SMARTS) is 1. The summed E-state index contributed by atoms with van der Waals surface area (Å²) < 4.78 is 13.6. The third-order valence-corrected chi connectivity index (χ3v) is 2.02. The van der Waals surface area contributed by atoms with Crippen molar-refractivity contribution in [1.82, 2.24) is 9.97 Å². The van der Waals surface area contributed by atoms with Crippen molar-refractivity contribution in [2.75, 3.05) is 0 Å². The second kappa shape index (κ2) is 4.06. The molecule has 2 aromatic rings. The minimum atomic E-state index is -1.17. The highest BCUT2D eigenvalue weighted by Gasteiger charge is 2.10. The number of benzene rings is 1. The quantitative estimate of drug-likeness (QED) is 0.837. The predicted octanol–water partition coefficient (Wildman–Crippen LogP) is 1.98. The summed E-state index contributed by atoms with van der Waals surface area (Å²) in [6.07, 6.45) is 2.99. The summed E-state index contributed by atoms with van der Waals surface area (Å²) in [6.45, 7) is 0. The van der Waals surface area contributed by atoms with Gasteiger partial charge in [0.25, 0.3) is 0 Å². The highest BCUT2D eigenvalue weighted by molar-refractivity contribution is 5.88. The van der Waals surface area contributed by atoms with Crippen LogP contribution in [0.5, 0.6) is 0 Å². The Hall–Kier alpha value is -2.30. The van der Waals surface area contributed by atoms with Crippen LogP contribution in [-0.2, 0) is 0 Å². The van der Waals surface area contributed by atoms with Gasteiger partial charge in [-0.2, -0.15) is 0 Å². The zero-order chi connectivity index (χ0) is 11.5. The number of aromatic nitrogens is 2. The van der Waals surface area contributed by atoms with Crippen LogP contribution in [0.25, 0.3) is 11.4 Å². The van der Waals surface area contributed by atoms with Gasteiger partial charge in [-0.15, -0.1) is 0 Å². The zero-order valence-corrected chi connectivity index (χ0v) is 8.09. The molecule has 0 atom stereocenters. The minimum absolute atomic E-state index is 0.0998. The normalized spacial score (nSPS) is 10.1. The van der Waals surface area contributed by atoms with E-state index in [1.807, 2.05) is 0 Å². The lowest BCUT2D eigenvalue weighted by atomic mass is 10.1. The van der Waals surface area contributed by atoms with Gasteiger partial charge in [0.15, 0.2) is 5.82 Å². The van der Waals surface area contributed by atoms with Crippen LogP contribution in [0.2, 0.25) is 0 Å². The number of hydrogen-bond donors (Lipinski definition) is 1. The second-order valence-electron chi connectivity index (χ2n) is 3.07. The maximum absolute atomic E-state index is 13.6. The van der Waals surface area contributed by atoms with Crippen molar-refractivity contribution in [3.05, 3.63) is 48.0 Å². The molecule has 80 valence electrons. The van der Waals surface area contributed by atoms with E-state index in [0.29, 0.717) is 0 Å². The molecule has 0 fully saturated rings. The molecule has 0 unspecified atom stereocenters. The molecule has 4 nitrogen and oxygen atoms in total. The van der Waals surface area contributed by atoms with Crippen LogP contribution < -0.4 is 0 Å². The molecule has 0 saturated carbocycles. The summed E-state index contributed by atoms with van der Waals surface area (Å²) in [5.74, 6) is -1.58. The Kier molecular flexibility index (Phi) is 2.59. The summed E-state index contributed by atoms with van der Waals surface area (Å²) in [7, 11) is 0. The fraction of sp³-hybridized carbons (Fsp3) is 0. The van der Waals surface area contributed by atoms with Crippen molar-refractivity contribution in [2.24, 2.45) is 0 Å². The molecule has 0 radical (unpaired) electrons. The molecular formula is C11H7FN2O2. The van der Waals surface area contributed by atoms with Crippen LogP contribution in [0.3, 0.4) is 0 Å². The molecule has 0 aliphatic heterocycles. The first-order chi connectivity index (χ1) is 7.68. The number of halogens is 1. The maximum atomic E-state index is 13.6. The predicted molar refractivity (Wildman–Crippen MR) is 54.4 cm³/mol. The lowest BCUT2D eigenvalue weighted by Crippen LogP contribution is -1.98. The Morgan fingerprint density at radius 3 is 2.50 bits per heavy atom. The van der Waals surface area contributed by atoms with Crippen LogP contribution >= 0.6 is 0 Å². The van der Waals surface area contributed by atoms with E-state index in [2.05, 4.69) is 9.97 Å². The van der Waals surface area contributed by atoms with Gasteiger partial charge < -0.3 is 5.11 Å². The lowest BCUT2D eigenvalue weighted by Gasteiger charge is -2.02. The zero-order valence-electron chi connectivity index (χ0n) is 8.09. The van der Waals surface area contributed by atoms with E-state index in [-0.39, 0.29) is 17.0 Å². The molecule has 1 heterocycles. The molecule has 0 aliphatic rings. The molecule has 0 aliphatic carbocycles. The van der Waals surface area contributed by atoms with Gasteiger partial charge in [-0.1, -0.05) is 0 Å². The Bertz CT molecular complexity index is 529. The summed E-state index contributed by atoms with van der Waals surface area (Å²) in [5.41, 5.74) is 0.0859. The van der Waals surface area contributed by atoms with Gasteiger partial charge in [-0.25, -0.2) is 19.2 Å². The fourth-order valence-electron chi connectivity index (χ4n) is 1.27. The maximum Gasteiger partial charge on any atom is 0.335 e. The van der Waals surface area contributed by atoms with Gasteiger partial charge in [0, 0.05) is 12.4 Å². The fourth-order valence-corrected chi connectivity index (χ4v) is 1.27. The highest BCUT2D eigenvalue weighted by atomic mass is 19.1. The SMILES string of the molecule is O=C(O)c1ccc(-c2ncccn2)c(F)c1. The van der Waals surface area contributed by atoms with Crippen molar-refractivity contribution < 1.29 is 14.3 Å². The second-order valence-corrected chi connectivity index (χ2v) is 3.07. The van der Waals surface area contributed by atoms with E-state index in [4.69, 9.17) is 5.11 Å². The summed E-state index contributed by atoms with van der Waals surface area (Å²) in [5, 5.41) is 8.67. The largest absolute Gasteiger partial charge is 0.478 e. The molecule has 0 spiro atoms. The van der Waals surface area contributed by atoms with Crippen molar-refractivity contribution in [3.8, 4) is 11.4 Å². The Morgan fingerprint density at radius 1 is 1.25 bits per heavy atom. The number of hydrogen-bond acceptors (Lipinski definition) is 3. The van der Waals surface area contributed by atoms with Crippen molar-refractivity contribution in [1.29, 1.82) is 0 Å². The molecule has 5 heteroatoms. The molecule has 16 heavy (non-hydrogen) atoms. The van der Waals surface area contributed by atoms with Gasteiger partial charge in [-0.05, 0) is 24.3 Å². The number of carboxylic acids is 1. The molecule has 1 aromatic carbocycles. The van der Waals surface area contributed by atoms with Crippen LogP contribution in [-0.4, -0.2) is 21.0 Å². The van der Waals surface area contributed by atoms with Crippen LogP contribution in [0.15, 0.2) is 36.7 Å². The Balaban J connectivity index is 2.48. The molecule has 0 saturated heterocycles.